The summed E-state index contributed by atoms with van der Waals surface area (Å²) in [5.41, 5.74) is -2.07. The molecule has 1 fully saturated rings. The lowest BCUT2D eigenvalue weighted by molar-refractivity contribution is -0.212. The Morgan fingerprint density at radius 2 is 1.94 bits per heavy atom. The van der Waals surface area contributed by atoms with Crippen LogP contribution in [0.2, 0.25) is 0 Å². The van der Waals surface area contributed by atoms with Crippen LogP contribution in [0.3, 0.4) is 0 Å². The number of hydrogen-bond acceptors (Lipinski definition) is 5. The number of hydrogen-bond donors (Lipinski definition) is 1. The summed E-state index contributed by atoms with van der Waals surface area (Å²) in [7, 11) is 0. The molecular weight excluding hydrogens is 222 g/mol. The van der Waals surface area contributed by atoms with Crippen LogP contribution in [0.4, 0.5) is 0 Å². The van der Waals surface area contributed by atoms with E-state index in [1.165, 1.54) is 0 Å². The van der Waals surface area contributed by atoms with Crippen LogP contribution < -0.4 is 5.90 Å². The maximum absolute atomic E-state index is 12.2. The van der Waals surface area contributed by atoms with E-state index in [0.717, 1.165) is 0 Å². The zero-order chi connectivity index (χ0) is 13.3. The molecular formula is C12H23NO4. The Morgan fingerprint density at radius 1 is 1.35 bits per heavy atom. The number of nitrogens with two attached hydrogens (primary N) is 1. The molecule has 1 rings (SSSR count). The molecule has 0 spiro atoms. The van der Waals surface area contributed by atoms with Gasteiger partial charge >= 0.3 is 5.97 Å². The van der Waals surface area contributed by atoms with Crippen LogP contribution in [0.15, 0.2) is 0 Å². The fourth-order valence-corrected chi connectivity index (χ4v) is 2.01. The Hall–Kier alpha value is -0.650. The smallest absolute Gasteiger partial charge is 0.341 e. The molecule has 1 unspecified atom stereocenters. The average molecular weight is 245 g/mol. The van der Waals surface area contributed by atoms with Gasteiger partial charge in [-0.3, -0.25) is 4.84 Å². The topological polar surface area (TPSA) is 70.8 Å². The number of ether oxygens (including phenoxy) is 2. The first-order chi connectivity index (χ1) is 7.60. The van der Waals surface area contributed by atoms with Gasteiger partial charge in [0, 0.05) is 12.8 Å². The minimum Gasteiger partial charge on any atom is -0.458 e. The van der Waals surface area contributed by atoms with Crippen LogP contribution >= 0.6 is 0 Å². The van der Waals surface area contributed by atoms with Crippen molar-refractivity contribution in [1.29, 1.82) is 0 Å². The van der Waals surface area contributed by atoms with Crippen molar-refractivity contribution in [2.75, 3.05) is 6.61 Å². The van der Waals surface area contributed by atoms with Gasteiger partial charge in [0.2, 0.25) is 0 Å². The standard InChI is InChI=1S/C12H23NO4/c1-10(2,3)16-9(14)12(17-13)6-7-15-11(4,5)8-12/h6-8,13H2,1-5H3. The first-order valence-electron chi connectivity index (χ1n) is 5.86. The van der Waals surface area contributed by atoms with Crippen LogP contribution in [0.1, 0.15) is 47.5 Å². The second kappa shape index (κ2) is 4.55. The van der Waals surface area contributed by atoms with Crippen molar-refractivity contribution in [3.63, 3.8) is 0 Å². The summed E-state index contributed by atoms with van der Waals surface area (Å²) in [6.45, 7) is 9.71. The van der Waals surface area contributed by atoms with Gasteiger partial charge in [-0.05, 0) is 34.6 Å². The molecule has 100 valence electrons. The predicted molar refractivity (Wildman–Crippen MR) is 63.1 cm³/mol. The van der Waals surface area contributed by atoms with Crippen LogP contribution in [-0.2, 0) is 19.1 Å². The van der Waals surface area contributed by atoms with Crippen molar-refractivity contribution in [3.8, 4) is 0 Å². The maximum Gasteiger partial charge on any atom is 0.341 e. The van der Waals surface area contributed by atoms with Crippen molar-refractivity contribution >= 4 is 5.97 Å². The average Bonchev–Trinajstić information content (AvgIpc) is 2.13. The van der Waals surface area contributed by atoms with Crippen molar-refractivity contribution in [3.05, 3.63) is 0 Å². The lowest BCUT2D eigenvalue weighted by Crippen LogP contribution is -2.55. The SMILES string of the molecule is CC(C)(C)OC(=O)C1(ON)CCOC(C)(C)C1. The van der Waals surface area contributed by atoms with Gasteiger partial charge in [0.25, 0.3) is 0 Å². The van der Waals surface area contributed by atoms with E-state index < -0.39 is 22.8 Å². The van der Waals surface area contributed by atoms with E-state index in [2.05, 4.69) is 0 Å². The Morgan fingerprint density at radius 3 is 2.35 bits per heavy atom. The van der Waals surface area contributed by atoms with Gasteiger partial charge in [0.05, 0.1) is 12.2 Å². The van der Waals surface area contributed by atoms with E-state index in [-0.39, 0.29) is 0 Å². The highest BCUT2D eigenvalue weighted by Crippen LogP contribution is 2.35. The van der Waals surface area contributed by atoms with Gasteiger partial charge in [-0.1, -0.05) is 0 Å². The number of carbonyl (C=O) groups is 1. The molecule has 5 nitrogen and oxygen atoms in total. The Balaban J connectivity index is 2.85. The predicted octanol–water partition coefficient (Wildman–Crippen LogP) is 1.55. The lowest BCUT2D eigenvalue weighted by Gasteiger charge is -2.42. The Bertz CT molecular complexity index is 295. The third kappa shape index (κ3) is 3.66. The van der Waals surface area contributed by atoms with Crippen LogP contribution in [0, 0.1) is 0 Å². The lowest BCUT2D eigenvalue weighted by atomic mass is 9.84. The fraction of sp³-hybridized carbons (Fsp3) is 0.917. The highest BCUT2D eigenvalue weighted by molar-refractivity contribution is 5.80. The molecule has 0 amide bonds. The number of rotatable bonds is 2. The molecule has 0 bridgehead atoms. The summed E-state index contributed by atoms with van der Waals surface area (Å²) in [4.78, 5) is 17.1. The van der Waals surface area contributed by atoms with E-state index in [4.69, 9.17) is 20.2 Å². The quantitative estimate of drug-likeness (QED) is 0.590. The van der Waals surface area contributed by atoms with Crippen molar-refractivity contribution in [2.24, 2.45) is 5.90 Å². The normalized spacial score (nSPS) is 28.8. The first-order valence-corrected chi connectivity index (χ1v) is 5.86. The van der Waals surface area contributed by atoms with Gasteiger partial charge in [-0.25, -0.2) is 10.7 Å². The Labute approximate surface area is 103 Å². The van der Waals surface area contributed by atoms with Gasteiger partial charge in [-0.2, -0.15) is 0 Å². The van der Waals surface area contributed by atoms with Crippen LogP contribution in [0.25, 0.3) is 0 Å². The molecule has 0 aromatic heterocycles. The first kappa shape index (κ1) is 14.4. The van der Waals surface area contributed by atoms with Crippen LogP contribution in [-0.4, -0.2) is 29.4 Å². The largest absolute Gasteiger partial charge is 0.458 e. The minimum atomic E-state index is -1.09. The van der Waals surface area contributed by atoms with E-state index >= 15 is 0 Å². The zero-order valence-corrected chi connectivity index (χ0v) is 11.3. The molecule has 0 radical (unpaired) electrons. The van der Waals surface area contributed by atoms with E-state index in [1.807, 2.05) is 34.6 Å². The van der Waals surface area contributed by atoms with E-state index in [0.29, 0.717) is 19.4 Å². The van der Waals surface area contributed by atoms with Gasteiger partial charge in [0.1, 0.15) is 5.60 Å². The number of carbonyl (C=O) groups excluding carboxylic acids is 1. The summed E-state index contributed by atoms with van der Waals surface area (Å²) < 4.78 is 10.9. The Kier molecular flexibility index (Phi) is 3.86. The fourth-order valence-electron chi connectivity index (χ4n) is 2.01. The highest BCUT2D eigenvalue weighted by Gasteiger charge is 2.49. The molecule has 17 heavy (non-hydrogen) atoms. The van der Waals surface area contributed by atoms with Crippen molar-refractivity contribution in [2.45, 2.75) is 64.3 Å². The summed E-state index contributed by atoms with van der Waals surface area (Å²) in [5.74, 6) is 4.91. The molecule has 1 aliphatic heterocycles. The molecule has 1 saturated heterocycles. The van der Waals surface area contributed by atoms with Crippen molar-refractivity contribution in [1.82, 2.24) is 0 Å². The van der Waals surface area contributed by atoms with E-state index in [9.17, 15) is 4.79 Å². The summed E-state index contributed by atoms with van der Waals surface area (Å²) in [5, 5.41) is 0. The zero-order valence-electron chi connectivity index (χ0n) is 11.3. The van der Waals surface area contributed by atoms with Crippen LogP contribution in [0.5, 0.6) is 0 Å². The molecule has 0 aliphatic carbocycles. The molecule has 5 heteroatoms. The minimum absolute atomic E-state index is 0.394. The molecule has 2 N–H and O–H groups in total. The summed E-state index contributed by atoms with van der Waals surface area (Å²) >= 11 is 0. The summed E-state index contributed by atoms with van der Waals surface area (Å²) in [6, 6.07) is 0. The molecule has 0 saturated carbocycles. The monoisotopic (exact) mass is 245 g/mol. The molecule has 1 atom stereocenters. The second-order valence-electron chi connectivity index (χ2n) is 6.15. The highest BCUT2D eigenvalue weighted by atomic mass is 16.7. The maximum atomic E-state index is 12.2. The van der Waals surface area contributed by atoms with E-state index in [1.54, 1.807) is 0 Å². The molecule has 1 aliphatic rings. The summed E-state index contributed by atoms with van der Waals surface area (Å²) in [6.07, 6.45) is 0.813. The third-order valence-corrected chi connectivity index (χ3v) is 2.71. The molecule has 0 aromatic rings. The molecule has 1 heterocycles. The second-order valence-corrected chi connectivity index (χ2v) is 6.15. The molecule has 0 aromatic carbocycles. The van der Waals surface area contributed by atoms with Gasteiger partial charge < -0.3 is 9.47 Å². The van der Waals surface area contributed by atoms with Gasteiger partial charge in [-0.15, -0.1) is 0 Å². The van der Waals surface area contributed by atoms with Gasteiger partial charge in [0.15, 0.2) is 5.60 Å². The number of esters is 1. The third-order valence-electron chi connectivity index (χ3n) is 2.71. The van der Waals surface area contributed by atoms with Crippen molar-refractivity contribution < 1.29 is 19.1 Å².